The topological polar surface area (TPSA) is 24.9 Å². The fraction of sp³-hybridized carbons (Fsp3) is 0.444. The third kappa shape index (κ3) is 3.12. The molecule has 1 aromatic rings. The van der Waals surface area contributed by atoms with Gasteiger partial charge in [0.25, 0.3) is 0 Å². The van der Waals surface area contributed by atoms with Crippen molar-refractivity contribution >= 4 is 32.4 Å². The Balaban J connectivity index is 1.72. The summed E-state index contributed by atoms with van der Waals surface area (Å²) in [6.07, 6.45) is 7.22. The van der Waals surface area contributed by atoms with E-state index in [9.17, 15) is 0 Å². The molecule has 0 atom stereocenters. The van der Waals surface area contributed by atoms with Gasteiger partial charge < -0.3 is 5.32 Å². The smallest absolute Gasteiger partial charge is 0.183 e. The van der Waals surface area contributed by atoms with Gasteiger partial charge in [-0.1, -0.05) is 12.2 Å². The first-order valence-corrected chi connectivity index (χ1v) is 6.03. The Kier molecular flexibility index (Phi) is 3.01. The molecule has 1 N–H and O–H groups in total. The lowest BCUT2D eigenvalue weighted by atomic mass is 10.4. The quantitative estimate of drug-likeness (QED) is 0.839. The molecule has 13 heavy (non-hydrogen) atoms. The average Bonchev–Trinajstić information content (AvgIpc) is 2.84. The van der Waals surface area contributed by atoms with Gasteiger partial charge in [-0.15, -0.1) is 11.3 Å². The van der Waals surface area contributed by atoms with Gasteiger partial charge in [-0.3, -0.25) is 0 Å². The van der Waals surface area contributed by atoms with Crippen LogP contribution in [-0.4, -0.2) is 11.5 Å². The van der Waals surface area contributed by atoms with Crippen LogP contribution in [0.3, 0.4) is 0 Å². The van der Waals surface area contributed by atoms with E-state index < -0.39 is 0 Å². The van der Waals surface area contributed by atoms with Crippen LogP contribution in [0.2, 0.25) is 0 Å². The summed E-state index contributed by atoms with van der Waals surface area (Å²) in [7, 11) is 0. The number of rotatable bonds is 4. The van der Waals surface area contributed by atoms with Crippen molar-refractivity contribution in [3.05, 3.63) is 22.1 Å². The van der Waals surface area contributed by atoms with Crippen LogP contribution >= 0.6 is 27.3 Å². The fourth-order valence-electron chi connectivity index (χ4n) is 1.03. The molecule has 1 aromatic heterocycles. The lowest BCUT2D eigenvalue weighted by Crippen LogP contribution is -1.96. The van der Waals surface area contributed by atoms with Crippen LogP contribution < -0.4 is 5.32 Å². The molecular weight excluding hydrogens is 248 g/mol. The molecule has 1 aliphatic carbocycles. The van der Waals surface area contributed by atoms with Crippen LogP contribution in [-0.2, 0) is 0 Å². The van der Waals surface area contributed by atoms with Gasteiger partial charge in [0.2, 0.25) is 0 Å². The van der Waals surface area contributed by atoms with Gasteiger partial charge in [0.05, 0.1) is 0 Å². The Morgan fingerprint density at radius 2 is 2.54 bits per heavy atom. The fourth-order valence-corrected chi connectivity index (χ4v) is 2.19. The Morgan fingerprint density at radius 3 is 3.15 bits per heavy atom. The molecule has 0 radical (unpaired) electrons. The van der Waals surface area contributed by atoms with E-state index in [1.54, 1.807) is 11.3 Å². The highest BCUT2D eigenvalue weighted by Gasteiger charge is 2.16. The van der Waals surface area contributed by atoms with Crippen molar-refractivity contribution in [3.63, 3.8) is 0 Å². The number of hydrogen-bond acceptors (Lipinski definition) is 3. The maximum Gasteiger partial charge on any atom is 0.183 e. The van der Waals surface area contributed by atoms with E-state index in [1.807, 2.05) is 5.38 Å². The normalized spacial score (nSPS) is 16.7. The molecule has 1 aliphatic rings. The molecule has 0 unspecified atom stereocenters. The highest BCUT2D eigenvalue weighted by atomic mass is 79.9. The summed E-state index contributed by atoms with van der Waals surface area (Å²) in [6, 6.07) is 0. The van der Waals surface area contributed by atoms with E-state index in [-0.39, 0.29) is 0 Å². The zero-order valence-corrected chi connectivity index (χ0v) is 9.57. The summed E-state index contributed by atoms with van der Waals surface area (Å²) in [5, 5.41) is 6.20. The van der Waals surface area contributed by atoms with E-state index in [4.69, 9.17) is 0 Å². The van der Waals surface area contributed by atoms with Gasteiger partial charge in [0, 0.05) is 11.9 Å². The molecule has 0 saturated heterocycles. The monoisotopic (exact) mass is 258 g/mol. The van der Waals surface area contributed by atoms with Crippen molar-refractivity contribution in [3.8, 4) is 0 Å². The van der Waals surface area contributed by atoms with Gasteiger partial charge in [-0.25, -0.2) is 4.98 Å². The first-order chi connectivity index (χ1) is 6.34. The van der Waals surface area contributed by atoms with Gasteiger partial charge in [-0.2, -0.15) is 0 Å². The van der Waals surface area contributed by atoms with Crippen molar-refractivity contribution in [2.45, 2.75) is 12.8 Å². The molecule has 0 spiro atoms. The lowest BCUT2D eigenvalue weighted by Gasteiger charge is -1.95. The second-order valence-corrected chi connectivity index (χ2v) is 4.79. The zero-order chi connectivity index (χ0) is 9.10. The van der Waals surface area contributed by atoms with Crippen molar-refractivity contribution in [1.82, 2.24) is 4.98 Å². The number of anilines is 1. The number of nitrogens with zero attached hydrogens (tertiary/aromatic N) is 1. The molecule has 0 aromatic carbocycles. The van der Waals surface area contributed by atoms with Crippen LogP contribution in [0.1, 0.15) is 12.8 Å². The van der Waals surface area contributed by atoms with Gasteiger partial charge in [0.1, 0.15) is 4.60 Å². The number of hydrogen-bond donors (Lipinski definition) is 1. The van der Waals surface area contributed by atoms with E-state index in [2.05, 4.69) is 38.4 Å². The van der Waals surface area contributed by atoms with E-state index in [0.717, 1.165) is 22.2 Å². The molecule has 2 nitrogen and oxygen atoms in total. The molecule has 1 heterocycles. The van der Waals surface area contributed by atoms with E-state index in [0.29, 0.717) is 0 Å². The summed E-state index contributed by atoms with van der Waals surface area (Å²) in [5.74, 6) is 0.866. The van der Waals surface area contributed by atoms with Gasteiger partial charge >= 0.3 is 0 Å². The number of halogens is 1. The third-order valence-electron chi connectivity index (χ3n) is 1.88. The SMILES string of the molecule is Brc1csc(NC/C=C/C2CC2)n1. The number of allylic oxidation sites excluding steroid dienone is 1. The van der Waals surface area contributed by atoms with Crippen LogP contribution in [0.5, 0.6) is 0 Å². The second kappa shape index (κ2) is 4.24. The molecule has 0 aliphatic heterocycles. The van der Waals surface area contributed by atoms with Crippen LogP contribution in [0.4, 0.5) is 5.13 Å². The minimum absolute atomic E-state index is 0.866. The molecular formula is C9H11BrN2S. The number of nitrogens with one attached hydrogen (secondary N) is 1. The summed E-state index contributed by atoms with van der Waals surface area (Å²) in [5.41, 5.74) is 0. The summed E-state index contributed by atoms with van der Waals surface area (Å²) >= 11 is 4.94. The van der Waals surface area contributed by atoms with Gasteiger partial charge in [0.15, 0.2) is 5.13 Å². The second-order valence-electron chi connectivity index (χ2n) is 3.12. The largest absolute Gasteiger partial charge is 0.358 e. The predicted molar refractivity (Wildman–Crippen MR) is 60.2 cm³/mol. The highest BCUT2D eigenvalue weighted by Crippen LogP contribution is 2.29. The van der Waals surface area contributed by atoms with Gasteiger partial charge in [-0.05, 0) is 34.7 Å². The Hall–Kier alpha value is -0.350. The molecule has 4 heteroatoms. The molecule has 0 amide bonds. The summed E-state index contributed by atoms with van der Waals surface area (Å²) in [6.45, 7) is 0.885. The minimum atomic E-state index is 0.866. The average molecular weight is 259 g/mol. The maximum atomic E-state index is 4.23. The summed E-state index contributed by atoms with van der Waals surface area (Å²) in [4.78, 5) is 4.23. The lowest BCUT2D eigenvalue weighted by molar-refractivity contribution is 1.11. The Morgan fingerprint density at radius 1 is 1.69 bits per heavy atom. The van der Waals surface area contributed by atoms with E-state index >= 15 is 0 Å². The first-order valence-electron chi connectivity index (χ1n) is 4.36. The molecule has 1 fully saturated rings. The number of aromatic nitrogens is 1. The predicted octanol–water partition coefficient (Wildman–Crippen LogP) is 3.28. The zero-order valence-electron chi connectivity index (χ0n) is 7.16. The molecule has 70 valence electrons. The number of thiazole rings is 1. The van der Waals surface area contributed by atoms with Crippen LogP contribution in [0.15, 0.2) is 22.1 Å². The Labute approximate surface area is 90.2 Å². The van der Waals surface area contributed by atoms with Crippen molar-refractivity contribution in [2.24, 2.45) is 5.92 Å². The van der Waals surface area contributed by atoms with Crippen LogP contribution in [0.25, 0.3) is 0 Å². The standard InChI is InChI=1S/C9H11BrN2S/c10-8-6-13-9(12-8)11-5-1-2-7-3-4-7/h1-2,6-7H,3-5H2,(H,11,12)/b2-1+. The first kappa shape index (κ1) is 9.21. The molecule has 2 rings (SSSR count). The van der Waals surface area contributed by atoms with Crippen molar-refractivity contribution in [2.75, 3.05) is 11.9 Å². The minimum Gasteiger partial charge on any atom is -0.358 e. The van der Waals surface area contributed by atoms with Crippen molar-refractivity contribution in [1.29, 1.82) is 0 Å². The van der Waals surface area contributed by atoms with E-state index in [1.165, 1.54) is 12.8 Å². The Bertz CT molecular complexity index is 304. The third-order valence-corrected chi connectivity index (χ3v) is 3.39. The highest BCUT2D eigenvalue weighted by molar-refractivity contribution is 9.10. The van der Waals surface area contributed by atoms with Crippen LogP contribution in [0, 0.1) is 5.92 Å². The maximum absolute atomic E-state index is 4.23. The molecule has 0 bridgehead atoms. The van der Waals surface area contributed by atoms with Crippen molar-refractivity contribution < 1.29 is 0 Å². The summed E-state index contributed by atoms with van der Waals surface area (Å²) < 4.78 is 0.908. The molecule has 1 saturated carbocycles.